The topological polar surface area (TPSA) is 46.5 Å². The van der Waals surface area contributed by atoms with Gasteiger partial charge in [-0.3, -0.25) is 4.79 Å². The Labute approximate surface area is 118 Å². The molecule has 1 N–H and O–H groups in total. The van der Waals surface area contributed by atoms with Crippen molar-refractivity contribution < 1.29 is 14.6 Å². The molecule has 0 unspecified atom stereocenters. The van der Waals surface area contributed by atoms with Crippen molar-refractivity contribution >= 4 is 5.97 Å². The van der Waals surface area contributed by atoms with Crippen LogP contribution in [0.1, 0.15) is 84.0 Å². The highest BCUT2D eigenvalue weighted by Crippen LogP contribution is 2.10. The van der Waals surface area contributed by atoms with E-state index in [0.717, 1.165) is 13.0 Å². The van der Waals surface area contributed by atoms with E-state index in [1.54, 1.807) is 0 Å². The van der Waals surface area contributed by atoms with Crippen LogP contribution in [0, 0.1) is 0 Å². The summed E-state index contributed by atoms with van der Waals surface area (Å²) in [7, 11) is 0. The molecule has 0 aliphatic carbocycles. The molecule has 0 atom stereocenters. The van der Waals surface area contributed by atoms with Gasteiger partial charge in [0.1, 0.15) is 0 Å². The molecule has 0 saturated heterocycles. The van der Waals surface area contributed by atoms with Crippen LogP contribution in [0.5, 0.6) is 0 Å². The van der Waals surface area contributed by atoms with Gasteiger partial charge in [0.2, 0.25) is 0 Å². The number of carbonyl (C=O) groups is 1. The number of carboxylic acids is 1. The maximum atomic E-state index is 10.3. The summed E-state index contributed by atoms with van der Waals surface area (Å²) in [6.07, 6.45) is 14.2. The van der Waals surface area contributed by atoms with Gasteiger partial charge in [0.25, 0.3) is 0 Å². The molecule has 0 aromatic heterocycles. The first-order chi connectivity index (χ1) is 9.27. The summed E-state index contributed by atoms with van der Waals surface area (Å²) >= 11 is 0. The largest absolute Gasteiger partial charge is 0.481 e. The fraction of sp³-hybridized carbons (Fsp3) is 0.938. The Morgan fingerprint density at radius 1 is 0.789 bits per heavy atom. The van der Waals surface area contributed by atoms with Crippen LogP contribution in [0.4, 0.5) is 0 Å². The molecule has 0 saturated carbocycles. The Bertz CT molecular complexity index is 192. The van der Waals surface area contributed by atoms with E-state index >= 15 is 0 Å². The highest BCUT2D eigenvalue weighted by Gasteiger charge is 1.96. The third-order valence-corrected chi connectivity index (χ3v) is 3.32. The summed E-state index contributed by atoms with van der Waals surface area (Å²) in [4.78, 5) is 10.3. The summed E-state index contributed by atoms with van der Waals surface area (Å²) in [6.45, 7) is 3.63. The van der Waals surface area contributed by atoms with E-state index in [1.807, 2.05) is 0 Å². The van der Waals surface area contributed by atoms with Crippen LogP contribution >= 0.6 is 0 Å². The molecule has 3 heteroatoms. The number of carboxylic acid groups (broad SMARTS) is 1. The molecule has 114 valence electrons. The van der Waals surface area contributed by atoms with Gasteiger partial charge in [0.05, 0.1) is 0 Å². The number of rotatable bonds is 15. The summed E-state index contributed by atoms with van der Waals surface area (Å²) in [5.74, 6) is -0.734. The Morgan fingerprint density at radius 3 is 1.79 bits per heavy atom. The first-order valence-electron chi connectivity index (χ1n) is 8.07. The Balaban J connectivity index is 2.93. The smallest absolute Gasteiger partial charge is 0.303 e. The van der Waals surface area contributed by atoms with E-state index in [0.29, 0.717) is 13.0 Å². The number of aliphatic carboxylic acids is 1. The summed E-state index contributed by atoms with van der Waals surface area (Å²) in [5.41, 5.74) is 0. The van der Waals surface area contributed by atoms with Gasteiger partial charge < -0.3 is 9.84 Å². The lowest BCUT2D eigenvalue weighted by Crippen LogP contribution is -2.01. The predicted octanol–water partition coefficient (Wildman–Crippen LogP) is 4.79. The number of hydrogen-bond acceptors (Lipinski definition) is 2. The third-order valence-electron chi connectivity index (χ3n) is 3.32. The average molecular weight is 272 g/mol. The Kier molecular flexibility index (Phi) is 15.0. The van der Waals surface area contributed by atoms with Crippen molar-refractivity contribution in [2.75, 3.05) is 13.2 Å². The fourth-order valence-electron chi connectivity index (χ4n) is 2.12. The molecule has 0 rings (SSSR count). The molecule has 0 spiro atoms. The summed E-state index contributed by atoms with van der Waals surface area (Å²) < 4.78 is 5.39. The first kappa shape index (κ1) is 18.4. The zero-order valence-electron chi connectivity index (χ0n) is 12.7. The minimum atomic E-state index is -0.734. The van der Waals surface area contributed by atoms with Crippen LogP contribution < -0.4 is 0 Å². The maximum absolute atomic E-state index is 10.3. The highest BCUT2D eigenvalue weighted by molar-refractivity contribution is 5.66. The first-order valence-corrected chi connectivity index (χ1v) is 8.07. The highest BCUT2D eigenvalue weighted by atomic mass is 16.5. The average Bonchev–Trinajstić information content (AvgIpc) is 2.39. The van der Waals surface area contributed by atoms with Gasteiger partial charge in [-0.15, -0.1) is 0 Å². The van der Waals surface area contributed by atoms with Gasteiger partial charge in [0, 0.05) is 19.6 Å². The van der Waals surface area contributed by atoms with Crippen LogP contribution in [0.2, 0.25) is 0 Å². The molecule has 0 heterocycles. The Morgan fingerprint density at radius 2 is 1.26 bits per heavy atom. The van der Waals surface area contributed by atoms with E-state index in [9.17, 15) is 4.79 Å². The molecular weight excluding hydrogens is 240 g/mol. The molecular formula is C16H32O3. The third kappa shape index (κ3) is 17.4. The predicted molar refractivity (Wildman–Crippen MR) is 79.5 cm³/mol. The van der Waals surface area contributed by atoms with Gasteiger partial charge in [-0.2, -0.15) is 0 Å². The van der Waals surface area contributed by atoms with E-state index in [2.05, 4.69) is 6.92 Å². The molecule has 0 aliphatic heterocycles. The van der Waals surface area contributed by atoms with Gasteiger partial charge in [-0.25, -0.2) is 0 Å². The molecule has 0 aliphatic rings. The molecule has 0 bridgehead atoms. The van der Waals surface area contributed by atoms with Crippen molar-refractivity contribution in [2.24, 2.45) is 0 Å². The fourth-order valence-corrected chi connectivity index (χ4v) is 2.12. The van der Waals surface area contributed by atoms with E-state index < -0.39 is 5.97 Å². The molecule has 0 amide bonds. The molecule has 0 radical (unpaired) electrons. The summed E-state index contributed by atoms with van der Waals surface area (Å²) in [5, 5.41) is 8.45. The maximum Gasteiger partial charge on any atom is 0.303 e. The van der Waals surface area contributed by atoms with Crippen LogP contribution in [-0.4, -0.2) is 24.3 Å². The monoisotopic (exact) mass is 272 g/mol. The molecule has 0 fully saturated rings. The SMILES string of the molecule is CCCCCCCCCCCCOCCCC(=O)O. The van der Waals surface area contributed by atoms with Crippen LogP contribution in [0.25, 0.3) is 0 Å². The zero-order valence-corrected chi connectivity index (χ0v) is 12.7. The van der Waals surface area contributed by atoms with Gasteiger partial charge in [0.15, 0.2) is 0 Å². The van der Waals surface area contributed by atoms with Crippen LogP contribution in [0.3, 0.4) is 0 Å². The van der Waals surface area contributed by atoms with Crippen molar-refractivity contribution in [1.29, 1.82) is 0 Å². The minimum absolute atomic E-state index is 0.220. The summed E-state index contributed by atoms with van der Waals surface area (Å²) in [6, 6.07) is 0. The van der Waals surface area contributed by atoms with E-state index in [4.69, 9.17) is 9.84 Å². The lowest BCUT2D eigenvalue weighted by atomic mass is 10.1. The standard InChI is InChI=1S/C16H32O3/c1-2-3-4-5-6-7-8-9-10-11-14-19-15-12-13-16(17)18/h2-15H2,1H3,(H,17,18). The van der Waals surface area contributed by atoms with Crippen LogP contribution in [0.15, 0.2) is 0 Å². The van der Waals surface area contributed by atoms with Gasteiger partial charge in [-0.1, -0.05) is 64.7 Å². The van der Waals surface area contributed by atoms with Gasteiger partial charge in [-0.05, 0) is 12.8 Å². The number of ether oxygens (including phenoxy) is 1. The van der Waals surface area contributed by atoms with E-state index in [-0.39, 0.29) is 6.42 Å². The van der Waals surface area contributed by atoms with Crippen molar-refractivity contribution in [3.8, 4) is 0 Å². The van der Waals surface area contributed by atoms with Crippen LogP contribution in [-0.2, 0) is 9.53 Å². The van der Waals surface area contributed by atoms with Crippen molar-refractivity contribution in [3.05, 3.63) is 0 Å². The quantitative estimate of drug-likeness (QED) is 0.436. The zero-order chi connectivity index (χ0) is 14.2. The van der Waals surface area contributed by atoms with Crippen molar-refractivity contribution in [1.82, 2.24) is 0 Å². The number of unbranched alkanes of at least 4 members (excludes halogenated alkanes) is 9. The normalized spacial score (nSPS) is 10.8. The van der Waals surface area contributed by atoms with Crippen molar-refractivity contribution in [3.63, 3.8) is 0 Å². The molecule has 19 heavy (non-hydrogen) atoms. The molecule has 0 aromatic carbocycles. The second-order valence-corrected chi connectivity index (χ2v) is 5.29. The van der Waals surface area contributed by atoms with E-state index in [1.165, 1.54) is 57.8 Å². The van der Waals surface area contributed by atoms with Crippen molar-refractivity contribution in [2.45, 2.75) is 84.0 Å². The number of hydrogen-bond donors (Lipinski definition) is 1. The lowest BCUT2D eigenvalue weighted by molar-refractivity contribution is -0.137. The van der Waals surface area contributed by atoms with Gasteiger partial charge >= 0.3 is 5.97 Å². The lowest BCUT2D eigenvalue weighted by Gasteiger charge is -2.04. The minimum Gasteiger partial charge on any atom is -0.481 e. The second kappa shape index (κ2) is 15.5. The molecule has 3 nitrogen and oxygen atoms in total. The Hall–Kier alpha value is -0.570. The second-order valence-electron chi connectivity index (χ2n) is 5.29. The molecule has 0 aromatic rings.